The van der Waals surface area contributed by atoms with E-state index in [-0.39, 0.29) is 0 Å². The minimum absolute atomic E-state index is 3.00. The zero-order valence-corrected chi connectivity index (χ0v) is 8.91. The average molecular weight is 261 g/mol. The van der Waals surface area contributed by atoms with Gasteiger partial charge in [0, 0.05) is 0 Å². The molecule has 5 heteroatoms. The molecule has 0 aliphatic rings. The molecule has 0 atom stereocenters. The molecule has 0 aliphatic carbocycles. The molecule has 0 aromatic heterocycles. The van der Waals surface area contributed by atoms with Gasteiger partial charge in [0.25, 0.3) is 0 Å². The van der Waals surface area contributed by atoms with Crippen LogP contribution in [0.3, 0.4) is 0 Å². The molecule has 0 aromatic carbocycles. The molecule has 0 amide bonds. The Morgan fingerprint density at radius 1 is 0.857 bits per heavy atom. The summed E-state index contributed by atoms with van der Waals surface area (Å²) in [6.45, 7) is 6.00. The molecule has 0 heterocycles. The molecule has 44 valence electrons. The standard InChI is InChI=1S/C2H4.4ClH.Zr/c1-2;;;;;/h1-2H2;4*1H;/q;;;;;+4/p-4. The van der Waals surface area contributed by atoms with Crippen molar-refractivity contribution in [2.24, 2.45) is 0 Å². The molecule has 0 spiro atoms. The Hall–Kier alpha value is 1.78. The molecule has 0 aliphatic heterocycles. The number of halogens is 4. The number of rotatable bonds is 0. The van der Waals surface area contributed by atoms with Gasteiger partial charge in [0.05, 0.1) is 0 Å². The summed E-state index contributed by atoms with van der Waals surface area (Å²) in [7, 11) is 20.1. The van der Waals surface area contributed by atoms with E-state index in [4.69, 9.17) is 34.1 Å². The van der Waals surface area contributed by atoms with Crippen LogP contribution >= 0.6 is 34.1 Å². The molecular formula is C2H4Cl4Zr. The van der Waals surface area contributed by atoms with E-state index in [1.54, 1.807) is 0 Å². The van der Waals surface area contributed by atoms with E-state index in [1.165, 1.54) is 0 Å². The van der Waals surface area contributed by atoms with Crippen molar-refractivity contribution in [3.8, 4) is 0 Å². The summed E-state index contributed by atoms with van der Waals surface area (Å²) in [6.07, 6.45) is 0. The zero-order chi connectivity index (χ0) is 6.50. The molecular weight excluding hydrogens is 257 g/mol. The Labute approximate surface area is 62.0 Å². The van der Waals surface area contributed by atoms with Crippen molar-refractivity contribution in [2.45, 2.75) is 0 Å². The molecule has 0 fully saturated rings. The molecule has 0 aromatic rings. The van der Waals surface area contributed by atoms with Gasteiger partial charge in [-0.2, -0.15) is 0 Å². The first-order valence-corrected chi connectivity index (χ1v) is 13.9. The first-order valence-electron chi connectivity index (χ1n) is 1.26. The van der Waals surface area contributed by atoms with Crippen LogP contribution in [-0.4, -0.2) is 0 Å². The van der Waals surface area contributed by atoms with Crippen LogP contribution in [0.5, 0.6) is 0 Å². The zero-order valence-electron chi connectivity index (χ0n) is 3.43. The number of hydrogen-bond donors (Lipinski definition) is 0. The molecule has 0 bridgehead atoms. The van der Waals surface area contributed by atoms with E-state index in [0.717, 1.165) is 0 Å². The fraction of sp³-hybridized carbons (Fsp3) is 0. The normalized spacial score (nSPS) is 9.14. The maximum atomic E-state index is 5.04. The SMILES string of the molecule is C=C.[Cl][Zr]([Cl])([Cl])[Cl]. The Bertz CT molecular complexity index is 33.4. The van der Waals surface area contributed by atoms with Gasteiger partial charge in [-0.15, -0.1) is 13.2 Å². The van der Waals surface area contributed by atoms with Crippen LogP contribution in [0.25, 0.3) is 0 Å². The molecule has 0 radical (unpaired) electrons. The van der Waals surface area contributed by atoms with Gasteiger partial charge in [0.2, 0.25) is 0 Å². The molecule has 0 unspecified atom stereocenters. The Morgan fingerprint density at radius 3 is 0.857 bits per heavy atom. The van der Waals surface area contributed by atoms with Crippen molar-refractivity contribution in [2.75, 3.05) is 0 Å². The van der Waals surface area contributed by atoms with Crippen molar-refractivity contribution in [1.82, 2.24) is 0 Å². The summed E-state index contributed by atoms with van der Waals surface area (Å²) in [4.78, 5) is 0. The van der Waals surface area contributed by atoms with Gasteiger partial charge in [-0.05, 0) is 0 Å². The predicted molar refractivity (Wildman–Crippen MR) is 34.7 cm³/mol. The summed E-state index contributed by atoms with van der Waals surface area (Å²) in [5.41, 5.74) is 0. The Morgan fingerprint density at radius 2 is 0.857 bits per heavy atom. The van der Waals surface area contributed by atoms with Crippen molar-refractivity contribution in [3.05, 3.63) is 13.2 Å². The predicted octanol–water partition coefficient (Wildman–Crippen LogP) is 3.56. The average Bonchev–Trinajstić information content (AvgIpc) is 1.36. The third-order valence-corrected chi connectivity index (χ3v) is 0. The summed E-state index contributed by atoms with van der Waals surface area (Å²) in [5, 5.41) is 0. The van der Waals surface area contributed by atoms with Crippen molar-refractivity contribution < 1.29 is 15.5 Å². The topological polar surface area (TPSA) is 0 Å². The van der Waals surface area contributed by atoms with Gasteiger partial charge >= 0.3 is 49.5 Å². The molecule has 0 saturated heterocycles. The second kappa shape index (κ2) is 5.91. The van der Waals surface area contributed by atoms with Crippen molar-refractivity contribution >= 4 is 34.1 Å². The Balaban J connectivity index is 0. The third kappa shape index (κ3) is 81.9. The van der Waals surface area contributed by atoms with Crippen molar-refractivity contribution in [1.29, 1.82) is 0 Å². The summed E-state index contributed by atoms with van der Waals surface area (Å²) >= 11 is -3.29. The first-order chi connectivity index (χ1) is 3.00. The van der Waals surface area contributed by atoms with Gasteiger partial charge < -0.3 is 0 Å². The van der Waals surface area contributed by atoms with E-state index in [2.05, 4.69) is 13.2 Å². The molecule has 0 saturated carbocycles. The second-order valence-corrected chi connectivity index (χ2v) is 22.8. The quantitative estimate of drug-likeness (QED) is 0.585. The fourth-order valence-corrected chi connectivity index (χ4v) is 0. The minimum atomic E-state index is -3.29. The van der Waals surface area contributed by atoms with E-state index in [9.17, 15) is 0 Å². The monoisotopic (exact) mass is 258 g/mol. The molecule has 0 N–H and O–H groups in total. The molecule has 7 heavy (non-hydrogen) atoms. The molecule has 0 nitrogen and oxygen atoms in total. The first kappa shape index (κ1) is 11.6. The van der Waals surface area contributed by atoms with Gasteiger partial charge in [0.1, 0.15) is 0 Å². The summed E-state index contributed by atoms with van der Waals surface area (Å²) in [5.74, 6) is 0. The van der Waals surface area contributed by atoms with Crippen LogP contribution in [0.15, 0.2) is 13.2 Å². The van der Waals surface area contributed by atoms with Gasteiger partial charge in [-0.1, -0.05) is 0 Å². The summed E-state index contributed by atoms with van der Waals surface area (Å²) < 4.78 is 0. The Kier molecular flexibility index (Phi) is 9.77. The van der Waals surface area contributed by atoms with Crippen LogP contribution in [-0.2, 0) is 15.5 Å². The van der Waals surface area contributed by atoms with Crippen LogP contribution in [0.4, 0.5) is 0 Å². The van der Waals surface area contributed by atoms with Crippen molar-refractivity contribution in [3.63, 3.8) is 0 Å². The van der Waals surface area contributed by atoms with Crippen LogP contribution < -0.4 is 0 Å². The van der Waals surface area contributed by atoms with Gasteiger partial charge in [0.15, 0.2) is 0 Å². The third-order valence-electron chi connectivity index (χ3n) is 0. The number of hydrogen-bond acceptors (Lipinski definition) is 0. The van der Waals surface area contributed by atoms with E-state index < -0.39 is 15.5 Å². The van der Waals surface area contributed by atoms with Crippen LogP contribution in [0.1, 0.15) is 0 Å². The van der Waals surface area contributed by atoms with E-state index in [0.29, 0.717) is 0 Å². The van der Waals surface area contributed by atoms with Gasteiger partial charge in [-0.25, -0.2) is 0 Å². The van der Waals surface area contributed by atoms with E-state index >= 15 is 0 Å². The second-order valence-electron chi connectivity index (χ2n) is 0.429. The van der Waals surface area contributed by atoms with Crippen LogP contribution in [0, 0.1) is 0 Å². The van der Waals surface area contributed by atoms with Crippen LogP contribution in [0.2, 0.25) is 0 Å². The van der Waals surface area contributed by atoms with Gasteiger partial charge in [-0.3, -0.25) is 0 Å². The molecule has 0 rings (SSSR count). The summed E-state index contributed by atoms with van der Waals surface area (Å²) in [6, 6.07) is 0. The maximum absolute atomic E-state index is 5.04. The van der Waals surface area contributed by atoms with E-state index in [1.807, 2.05) is 0 Å². The fourth-order valence-electron chi connectivity index (χ4n) is 0.